The molecule has 2 heterocycles. The summed E-state index contributed by atoms with van der Waals surface area (Å²) in [4.78, 5) is 48.1. The lowest BCUT2D eigenvalue weighted by Gasteiger charge is -2.09. The van der Waals surface area contributed by atoms with E-state index in [-0.39, 0.29) is 5.78 Å². The van der Waals surface area contributed by atoms with Gasteiger partial charge in [-0.15, -0.1) is 0 Å². The lowest BCUT2D eigenvalue weighted by molar-refractivity contribution is 0.0844. The van der Waals surface area contributed by atoms with Crippen molar-refractivity contribution in [2.45, 2.75) is 37.1 Å². The number of benzene rings is 2. The summed E-state index contributed by atoms with van der Waals surface area (Å²) in [6.45, 7) is 1.75. The highest BCUT2D eigenvalue weighted by molar-refractivity contribution is 7.98. The van der Waals surface area contributed by atoms with Crippen LogP contribution in [0.5, 0.6) is 0 Å². The van der Waals surface area contributed by atoms with Crippen LogP contribution in [-0.2, 0) is 12.2 Å². The van der Waals surface area contributed by atoms with Gasteiger partial charge in [0.05, 0.1) is 11.0 Å². The number of rotatable bonds is 5. The van der Waals surface area contributed by atoms with Gasteiger partial charge in [0.15, 0.2) is 10.9 Å². The van der Waals surface area contributed by atoms with Gasteiger partial charge in [0, 0.05) is 29.0 Å². The Labute approximate surface area is 199 Å². The van der Waals surface area contributed by atoms with Gasteiger partial charge in [0.2, 0.25) is 0 Å². The van der Waals surface area contributed by atoms with Crippen LogP contribution in [0.15, 0.2) is 53.7 Å². The van der Waals surface area contributed by atoms with Crippen molar-refractivity contribution in [3.8, 4) is 0 Å². The van der Waals surface area contributed by atoms with Crippen LogP contribution in [-0.4, -0.2) is 32.5 Å². The van der Waals surface area contributed by atoms with Crippen LogP contribution >= 0.6 is 11.8 Å². The van der Waals surface area contributed by atoms with Crippen molar-refractivity contribution in [2.24, 2.45) is 0 Å². The van der Waals surface area contributed by atoms with Crippen LogP contribution in [0.2, 0.25) is 0 Å². The van der Waals surface area contributed by atoms with E-state index < -0.39 is 11.8 Å². The molecule has 4 aromatic rings. The van der Waals surface area contributed by atoms with Gasteiger partial charge in [-0.25, -0.2) is 4.98 Å². The van der Waals surface area contributed by atoms with Crippen molar-refractivity contribution in [1.29, 1.82) is 0 Å². The number of nitrogens with one attached hydrogen (secondary N) is 4. The summed E-state index contributed by atoms with van der Waals surface area (Å²) in [6.07, 6.45) is 2.01. The molecule has 0 spiro atoms. The second-order valence-corrected chi connectivity index (χ2v) is 9.17. The number of para-hydroxylation sites is 2. The van der Waals surface area contributed by atoms with Crippen LogP contribution in [0, 0.1) is 6.92 Å². The maximum Gasteiger partial charge on any atom is 0.286 e. The monoisotopic (exact) mass is 473 g/mol. The van der Waals surface area contributed by atoms with E-state index in [9.17, 15) is 14.4 Å². The molecule has 34 heavy (non-hydrogen) atoms. The summed E-state index contributed by atoms with van der Waals surface area (Å²) < 4.78 is 0. The average Bonchev–Trinajstić information content (AvgIpc) is 3.42. The summed E-state index contributed by atoms with van der Waals surface area (Å²) in [6, 6.07) is 15.1. The topological polar surface area (TPSA) is 120 Å². The quantitative estimate of drug-likeness (QED) is 0.257. The molecule has 0 bridgehead atoms. The van der Waals surface area contributed by atoms with E-state index in [0.717, 1.165) is 40.3 Å². The van der Waals surface area contributed by atoms with Gasteiger partial charge in [-0.2, -0.15) is 0 Å². The Balaban J connectivity index is 1.17. The van der Waals surface area contributed by atoms with Crippen LogP contribution in [0.25, 0.3) is 11.0 Å². The minimum Gasteiger partial charge on any atom is -0.354 e. The van der Waals surface area contributed by atoms with E-state index >= 15 is 0 Å². The number of carbonyl (C=O) groups excluding carboxylic acids is 3. The Morgan fingerprint density at radius 2 is 1.76 bits per heavy atom. The summed E-state index contributed by atoms with van der Waals surface area (Å²) in [7, 11) is 0. The minimum atomic E-state index is -0.480. The van der Waals surface area contributed by atoms with Gasteiger partial charge in [0.25, 0.3) is 11.8 Å². The first-order chi connectivity index (χ1) is 16.5. The lowest BCUT2D eigenvalue weighted by Crippen LogP contribution is -2.42. The molecule has 0 radical (unpaired) electrons. The second-order valence-electron chi connectivity index (χ2n) is 8.21. The first kappa shape index (κ1) is 22.0. The Morgan fingerprint density at radius 1 is 1.00 bits per heavy atom. The van der Waals surface area contributed by atoms with Crippen LogP contribution in [0.4, 0.5) is 0 Å². The SMILES string of the molecule is Cc1c(C(=O)NNC(=O)c2ccc(CSc3nc4ccccc4[nH]3)cc2)[nH]c2c1C(=O)CCC2. The zero-order valence-electron chi connectivity index (χ0n) is 18.5. The minimum absolute atomic E-state index is 0.0525. The molecule has 4 N–H and O–H groups in total. The molecule has 9 heteroatoms. The largest absolute Gasteiger partial charge is 0.354 e. The number of hydrazine groups is 1. The molecular formula is C25H23N5O3S. The first-order valence-corrected chi connectivity index (χ1v) is 12.0. The molecule has 0 aliphatic heterocycles. The number of amides is 2. The third kappa shape index (κ3) is 4.34. The highest BCUT2D eigenvalue weighted by Crippen LogP contribution is 2.26. The number of carbonyl (C=O) groups is 3. The van der Waals surface area contributed by atoms with Gasteiger partial charge >= 0.3 is 0 Å². The Kier molecular flexibility index (Phi) is 5.93. The van der Waals surface area contributed by atoms with Crippen molar-refractivity contribution < 1.29 is 14.4 Å². The number of aromatic nitrogens is 3. The van der Waals surface area contributed by atoms with Crippen LogP contribution < -0.4 is 10.9 Å². The van der Waals surface area contributed by atoms with Crippen molar-refractivity contribution >= 4 is 40.4 Å². The van der Waals surface area contributed by atoms with Gasteiger partial charge in [0.1, 0.15) is 5.69 Å². The lowest BCUT2D eigenvalue weighted by atomic mass is 9.94. The Bertz CT molecular complexity index is 1370. The molecule has 0 unspecified atom stereocenters. The third-order valence-corrected chi connectivity index (χ3v) is 6.86. The molecule has 1 aliphatic rings. The molecule has 172 valence electrons. The number of hydrogen-bond acceptors (Lipinski definition) is 5. The van der Waals surface area contributed by atoms with Crippen molar-refractivity contribution in [2.75, 3.05) is 0 Å². The summed E-state index contributed by atoms with van der Waals surface area (Å²) in [5.41, 5.74) is 10.6. The van der Waals surface area contributed by atoms with Crippen molar-refractivity contribution in [3.05, 3.63) is 82.2 Å². The molecule has 0 saturated heterocycles. The summed E-state index contributed by atoms with van der Waals surface area (Å²) >= 11 is 1.59. The number of thioether (sulfide) groups is 1. The number of fused-ring (bicyclic) bond motifs is 2. The van der Waals surface area contributed by atoms with Crippen LogP contribution in [0.3, 0.4) is 0 Å². The number of aromatic amines is 2. The first-order valence-electron chi connectivity index (χ1n) is 11.0. The number of imidazole rings is 1. The van der Waals surface area contributed by atoms with Gasteiger partial charge in [-0.05, 0) is 55.2 Å². The van der Waals surface area contributed by atoms with E-state index in [2.05, 4.69) is 25.8 Å². The van der Waals surface area contributed by atoms with E-state index in [0.29, 0.717) is 34.6 Å². The number of ketones is 1. The molecule has 1 aliphatic carbocycles. The number of hydrogen-bond donors (Lipinski definition) is 4. The highest BCUT2D eigenvalue weighted by atomic mass is 32.2. The maximum absolute atomic E-state index is 12.6. The second kappa shape index (κ2) is 9.18. The molecule has 0 atom stereocenters. The number of aryl methyl sites for hydroxylation is 1. The molecule has 2 aromatic heterocycles. The standard InChI is InChI=1S/C25H23N5O3S/c1-14-21-19(7-4-8-20(21)31)26-22(14)24(33)30-29-23(32)16-11-9-15(10-12-16)13-34-25-27-17-5-2-3-6-18(17)28-25/h2-3,5-6,9-12,26H,4,7-8,13H2,1H3,(H,27,28)(H,29,32)(H,30,33). The molecule has 2 aromatic carbocycles. The predicted molar refractivity (Wildman–Crippen MR) is 130 cm³/mol. The summed E-state index contributed by atoms with van der Waals surface area (Å²) in [5, 5.41) is 0.841. The molecule has 2 amide bonds. The number of H-pyrrole nitrogens is 2. The molecule has 8 nitrogen and oxygen atoms in total. The van der Waals surface area contributed by atoms with Crippen molar-refractivity contribution in [1.82, 2.24) is 25.8 Å². The predicted octanol–water partition coefficient (Wildman–Crippen LogP) is 4.09. The summed E-state index contributed by atoms with van der Waals surface area (Å²) in [5.74, 6) is -0.146. The average molecular weight is 474 g/mol. The molecule has 5 rings (SSSR count). The van der Waals surface area contributed by atoms with Crippen LogP contribution in [0.1, 0.15) is 60.9 Å². The van der Waals surface area contributed by atoms with Gasteiger partial charge < -0.3 is 9.97 Å². The fraction of sp³-hybridized carbons (Fsp3) is 0.200. The van der Waals surface area contributed by atoms with Gasteiger partial charge in [-0.1, -0.05) is 36.0 Å². The number of nitrogens with zero attached hydrogens (tertiary/aromatic N) is 1. The van der Waals surface area contributed by atoms with E-state index in [1.165, 1.54) is 0 Å². The zero-order chi connectivity index (χ0) is 23.7. The van der Waals surface area contributed by atoms with E-state index in [1.54, 1.807) is 30.8 Å². The maximum atomic E-state index is 12.6. The zero-order valence-corrected chi connectivity index (χ0v) is 19.3. The Morgan fingerprint density at radius 3 is 2.53 bits per heavy atom. The Hall–Kier alpha value is -3.85. The fourth-order valence-corrected chi connectivity index (χ4v) is 4.99. The molecule has 0 fully saturated rings. The van der Waals surface area contributed by atoms with Gasteiger partial charge in [-0.3, -0.25) is 25.2 Å². The van der Waals surface area contributed by atoms with Crippen molar-refractivity contribution in [3.63, 3.8) is 0 Å². The molecular weight excluding hydrogens is 450 g/mol. The highest BCUT2D eigenvalue weighted by Gasteiger charge is 2.26. The fourth-order valence-electron chi connectivity index (χ4n) is 4.15. The smallest absolute Gasteiger partial charge is 0.286 e. The van der Waals surface area contributed by atoms with E-state index in [4.69, 9.17) is 0 Å². The molecule has 0 saturated carbocycles. The number of Topliss-reactive ketones (excluding diaryl/α,β-unsaturated/α-hetero) is 1. The third-order valence-electron chi connectivity index (χ3n) is 5.91. The normalized spacial score (nSPS) is 13.0. The van der Waals surface area contributed by atoms with E-state index in [1.807, 2.05) is 36.4 Å².